The third kappa shape index (κ3) is 2.16. The van der Waals surface area contributed by atoms with Crippen molar-refractivity contribution in [2.45, 2.75) is 20.3 Å². The standard InChI is InChI=1S/C16H17N3S/c1-4-12-9-13-15(17-10-18-16(13)20-12)19(3)14-8-6-5-7-11(14)2/h5-10H,4H2,1-3H3. The van der Waals surface area contributed by atoms with Gasteiger partial charge in [-0.3, -0.25) is 0 Å². The van der Waals surface area contributed by atoms with Crippen LogP contribution in [0.25, 0.3) is 10.2 Å². The third-order valence-electron chi connectivity index (χ3n) is 3.50. The predicted octanol–water partition coefficient (Wildman–Crippen LogP) is 4.33. The van der Waals surface area contributed by atoms with Gasteiger partial charge in [-0.05, 0) is 31.0 Å². The van der Waals surface area contributed by atoms with Crippen LogP contribution in [0, 0.1) is 6.92 Å². The molecule has 3 rings (SSSR count). The molecule has 102 valence electrons. The zero-order chi connectivity index (χ0) is 14.1. The first-order chi connectivity index (χ1) is 9.70. The van der Waals surface area contributed by atoms with E-state index in [1.54, 1.807) is 17.7 Å². The van der Waals surface area contributed by atoms with Crippen LogP contribution in [0.4, 0.5) is 11.5 Å². The summed E-state index contributed by atoms with van der Waals surface area (Å²) in [4.78, 5) is 13.4. The summed E-state index contributed by atoms with van der Waals surface area (Å²) in [5.74, 6) is 0.972. The minimum atomic E-state index is 0.972. The van der Waals surface area contributed by atoms with Gasteiger partial charge in [-0.1, -0.05) is 25.1 Å². The van der Waals surface area contributed by atoms with E-state index in [-0.39, 0.29) is 0 Å². The van der Waals surface area contributed by atoms with Crippen molar-refractivity contribution >= 4 is 33.1 Å². The lowest BCUT2D eigenvalue weighted by Gasteiger charge is -2.20. The fourth-order valence-electron chi connectivity index (χ4n) is 2.39. The van der Waals surface area contributed by atoms with Crippen LogP contribution in [-0.2, 0) is 6.42 Å². The maximum atomic E-state index is 4.49. The Bertz CT molecular complexity index is 748. The number of hydrogen-bond acceptors (Lipinski definition) is 4. The van der Waals surface area contributed by atoms with E-state index in [0.29, 0.717) is 0 Å². The van der Waals surface area contributed by atoms with Crippen LogP contribution >= 0.6 is 11.3 Å². The number of nitrogens with zero attached hydrogens (tertiary/aromatic N) is 3. The van der Waals surface area contributed by atoms with Gasteiger partial charge in [0.1, 0.15) is 17.0 Å². The Morgan fingerprint density at radius 1 is 1.20 bits per heavy atom. The van der Waals surface area contributed by atoms with Gasteiger partial charge in [-0.2, -0.15) is 0 Å². The zero-order valence-corrected chi connectivity index (χ0v) is 12.7. The Hall–Kier alpha value is -1.94. The summed E-state index contributed by atoms with van der Waals surface area (Å²) < 4.78 is 0. The number of para-hydroxylation sites is 1. The maximum Gasteiger partial charge on any atom is 0.144 e. The molecule has 0 saturated carbocycles. The lowest BCUT2D eigenvalue weighted by molar-refractivity contribution is 1.10. The van der Waals surface area contributed by atoms with Crippen molar-refractivity contribution in [1.29, 1.82) is 0 Å². The average Bonchev–Trinajstić information content (AvgIpc) is 2.90. The molecule has 0 aliphatic rings. The number of aryl methyl sites for hydroxylation is 2. The average molecular weight is 283 g/mol. The molecule has 0 spiro atoms. The molecule has 0 unspecified atom stereocenters. The molecule has 0 amide bonds. The van der Waals surface area contributed by atoms with Crippen LogP contribution in [0.3, 0.4) is 0 Å². The fourth-order valence-corrected chi connectivity index (χ4v) is 3.32. The number of anilines is 2. The lowest BCUT2D eigenvalue weighted by Crippen LogP contribution is -2.12. The molecule has 1 aromatic carbocycles. The highest BCUT2D eigenvalue weighted by atomic mass is 32.1. The minimum Gasteiger partial charge on any atom is -0.329 e. The monoisotopic (exact) mass is 283 g/mol. The van der Waals surface area contributed by atoms with Crippen molar-refractivity contribution in [3.05, 3.63) is 47.1 Å². The number of fused-ring (bicyclic) bond motifs is 1. The predicted molar refractivity (Wildman–Crippen MR) is 86.0 cm³/mol. The molecule has 0 fully saturated rings. The molecule has 0 aliphatic carbocycles. The van der Waals surface area contributed by atoms with Crippen molar-refractivity contribution in [3.63, 3.8) is 0 Å². The van der Waals surface area contributed by atoms with Gasteiger partial charge in [0.05, 0.1) is 5.39 Å². The van der Waals surface area contributed by atoms with Gasteiger partial charge < -0.3 is 4.90 Å². The van der Waals surface area contributed by atoms with E-state index in [1.807, 2.05) is 0 Å². The molecule has 2 heterocycles. The summed E-state index contributed by atoms with van der Waals surface area (Å²) in [6.45, 7) is 4.29. The van der Waals surface area contributed by atoms with E-state index in [0.717, 1.165) is 22.5 Å². The maximum absolute atomic E-state index is 4.49. The van der Waals surface area contributed by atoms with Crippen LogP contribution in [0.2, 0.25) is 0 Å². The van der Waals surface area contributed by atoms with Gasteiger partial charge >= 0.3 is 0 Å². The van der Waals surface area contributed by atoms with Crippen molar-refractivity contribution < 1.29 is 0 Å². The van der Waals surface area contributed by atoms with Crippen molar-refractivity contribution in [1.82, 2.24) is 9.97 Å². The van der Waals surface area contributed by atoms with Gasteiger partial charge in [0, 0.05) is 17.6 Å². The summed E-state index contributed by atoms with van der Waals surface area (Å²) in [7, 11) is 2.06. The molecule has 0 bridgehead atoms. The molecule has 0 N–H and O–H groups in total. The second-order valence-corrected chi connectivity index (χ2v) is 5.94. The van der Waals surface area contributed by atoms with Crippen molar-refractivity contribution in [2.75, 3.05) is 11.9 Å². The first-order valence-electron chi connectivity index (χ1n) is 6.73. The molecular formula is C16H17N3S. The molecule has 0 saturated heterocycles. The number of thiophene rings is 1. The lowest BCUT2D eigenvalue weighted by atomic mass is 10.2. The molecular weight excluding hydrogens is 266 g/mol. The van der Waals surface area contributed by atoms with Gasteiger partial charge in [0.25, 0.3) is 0 Å². The Labute approximate surface area is 122 Å². The van der Waals surface area contributed by atoms with Crippen LogP contribution in [-0.4, -0.2) is 17.0 Å². The number of hydrogen-bond donors (Lipinski definition) is 0. The highest BCUT2D eigenvalue weighted by molar-refractivity contribution is 7.18. The van der Waals surface area contributed by atoms with Crippen LogP contribution in [0.5, 0.6) is 0 Å². The topological polar surface area (TPSA) is 29.0 Å². The van der Waals surface area contributed by atoms with Gasteiger partial charge in [-0.15, -0.1) is 11.3 Å². The normalized spacial score (nSPS) is 10.9. The van der Waals surface area contributed by atoms with Gasteiger partial charge in [-0.25, -0.2) is 9.97 Å². The Morgan fingerprint density at radius 2 is 2.00 bits per heavy atom. The molecule has 2 aromatic heterocycles. The molecule has 3 nitrogen and oxygen atoms in total. The Balaban J connectivity index is 2.14. The summed E-state index contributed by atoms with van der Waals surface area (Å²) in [5.41, 5.74) is 2.42. The first-order valence-corrected chi connectivity index (χ1v) is 7.55. The molecule has 0 radical (unpaired) electrons. The van der Waals surface area contributed by atoms with E-state index in [2.05, 4.69) is 66.1 Å². The van der Waals surface area contributed by atoms with Gasteiger partial charge in [0.2, 0.25) is 0 Å². The van der Waals surface area contributed by atoms with E-state index in [9.17, 15) is 0 Å². The number of benzene rings is 1. The number of aromatic nitrogens is 2. The summed E-state index contributed by atoms with van der Waals surface area (Å²) in [6, 6.07) is 10.6. The summed E-state index contributed by atoms with van der Waals surface area (Å²) in [6.07, 6.45) is 2.69. The van der Waals surface area contributed by atoms with Crippen LogP contribution in [0.15, 0.2) is 36.7 Å². The highest BCUT2D eigenvalue weighted by Crippen LogP contribution is 2.33. The van der Waals surface area contributed by atoms with Crippen molar-refractivity contribution in [2.24, 2.45) is 0 Å². The Kier molecular flexibility index (Phi) is 3.40. The minimum absolute atomic E-state index is 0.972. The molecule has 3 aromatic rings. The smallest absolute Gasteiger partial charge is 0.144 e. The molecule has 0 aliphatic heterocycles. The van der Waals surface area contributed by atoms with E-state index in [1.165, 1.54) is 16.1 Å². The van der Waals surface area contributed by atoms with Crippen LogP contribution < -0.4 is 4.90 Å². The second-order valence-electron chi connectivity index (χ2n) is 4.83. The molecule has 4 heteroatoms. The van der Waals surface area contributed by atoms with Crippen molar-refractivity contribution in [3.8, 4) is 0 Å². The zero-order valence-electron chi connectivity index (χ0n) is 11.9. The summed E-state index contributed by atoms with van der Waals surface area (Å²) in [5, 5.41) is 1.14. The van der Waals surface area contributed by atoms with E-state index in [4.69, 9.17) is 0 Å². The highest BCUT2D eigenvalue weighted by Gasteiger charge is 2.14. The Morgan fingerprint density at radius 3 is 2.75 bits per heavy atom. The van der Waals surface area contributed by atoms with Crippen LogP contribution in [0.1, 0.15) is 17.4 Å². The number of rotatable bonds is 3. The largest absolute Gasteiger partial charge is 0.329 e. The summed E-state index contributed by atoms with van der Waals surface area (Å²) >= 11 is 1.75. The third-order valence-corrected chi connectivity index (χ3v) is 4.69. The van der Waals surface area contributed by atoms with E-state index >= 15 is 0 Å². The second kappa shape index (κ2) is 5.21. The van der Waals surface area contributed by atoms with Gasteiger partial charge in [0.15, 0.2) is 0 Å². The first kappa shape index (κ1) is 13.1. The van der Waals surface area contributed by atoms with E-state index < -0.39 is 0 Å². The fraction of sp³-hybridized carbons (Fsp3) is 0.250. The quantitative estimate of drug-likeness (QED) is 0.716. The SMILES string of the molecule is CCc1cc2c(N(C)c3ccccc3C)ncnc2s1. The molecule has 20 heavy (non-hydrogen) atoms. The molecule has 0 atom stereocenters.